The van der Waals surface area contributed by atoms with Gasteiger partial charge in [0.2, 0.25) is 0 Å². The summed E-state index contributed by atoms with van der Waals surface area (Å²) in [6.07, 6.45) is -1.55. The lowest BCUT2D eigenvalue weighted by Crippen LogP contribution is -2.31. The summed E-state index contributed by atoms with van der Waals surface area (Å²) in [7, 11) is 0. The van der Waals surface area contributed by atoms with Gasteiger partial charge in [0, 0.05) is 18.5 Å². The first-order valence-electron chi connectivity index (χ1n) is 9.73. The van der Waals surface area contributed by atoms with Crippen molar-refractivity contribution in [2.45, 2.75) is 12.2 Å². The number of hydrogen-bond acceptors (Lipinski definition) is 5. The molecule has 0 bridgehead atoms. The molecule has 2 N–H and O–H groups in total. The first-order valence-corrected chi connectivity index (χ1v) is 9.73. The van der Waals surface area contributed by atoms with Crippen molar-refractivity contribution in [3.8, 4) is 11.6 Å². The summed E-state index contributed by atoms with van der Waals surface area (Å²) in [4.78, 5) is 39.8. The Hall–Kier alpha value is -4.34. The van der Waals surface area contributed by atoms with Crippen LogP contribution in [0.15, 0.2) is 83.9 Å². The van der Waals surface area contributed by atoms with Crippen molar-refractivity contribution in [1.29, 1.82) is 0 Å². The summed E-state index contributed by atoms with van der Waals surface area (Å²) >= 11 is 0. The van der Waals surface area contributed by atoms with Gasteiger partial charge in [0.1, 0.15) is 5.69 Å². The second-order valence-corrected chi connectivity index (χ2v) is 6.99. The summed E-state index contributed by atoms with van der Waals surface area (Å²) in [5.74, 6) is -0.544. The number of hydrogen-bond donors (Lipinski definition) is 2. The minimum absolute atomic E-state index is 0.0130. The number of carbonyl (C=O) groups is 1. The number of H-pyrrole nitrogens is 1. The zero-order valence-electron chi connectivity index (χ0n) is 16.9. The molecule has 0 aliphatic rings. The molecule has 0 radical (unpaired) electrons. The van der Waals surface area contributed by atoms with Crippen molar-refractivity contribution < 1.29 is 18.0 Å². The lowest BCUT2D eigenvalue weighted by molar-refractivity contribution is -0.137. The van der Waals surface area contributed by atoms with Crippen LogP contribution >= 0.6 is 0 Å². The molecular formula is C23H16F3N5O2. The van der Waals surface area contributed by atoms with Crippen molar-refractivity contribution in [3.05, 3.63) is 112 Å². The lowest BCUT2D eigenvalue weighted by atomic mass is 9.97. The summed E-state index contributed by atoms with van der Waals surface area (Å²) in [6, 6.07) is 15.1. The van der Waals surface area contributed by atoms with Crippen LogP contribution in [0.1, 0.15) is 33.2 Å². The van der Waals surface area contributed by atoms with E-state index in [1.54, 1.807) is 36.4 Å². The van der Waals surface area contributed by atoms with Crippen LogP contribution in [0.2, 0.25) is 0 Å². The topological polar surface area (TPSA) is 101 Å². The van der Waals surface area contributed by atoms with Crippen molar-refractivity contribution in [2.75, 3.05) is 0 Å². The third kappa shape index (κ3) is 5.12. The number of alkyl halides is 3. The van der Waals surface area contributed by atoms with Crippen LogP contribution in [0.5, 0.6) is 0 Å². The van der Waals surface area contributed by atoms with E-state index in [0.29, 0.717) is 11.1 Å². The highest BCUT2D eigenvalue weighted by atomic mass is 19.4. The largest absolute Gasteiger partial charge is 0.416 e. The van der Waals surface area contributed by atoms with Crippen LogP contribution in [0.25, 0.3) is 11.6 Å². The molecule has 166 valence electrons. The van der Waals surface area contributed by atoms with Crippen LogP contribution in [0.3, 0.4) is 0 Å². The second kappa shape index (κ2) is 9.03. The van der Waals surface area contributed by atoms with E-state index in [9.17, 15) is 22.8 Å². The van der Waals surface area contributed by atoms with Crippen LogP contribution in [-0.2, 0) is 6.18 Å². The number of aromatic nitrogens is 4. The quantitative estimate of drug-likeness (QED) is 0.481. The molecule has 4 aromatic rings. The molecule has 0 fully saturated rings. The number of rotatable bonds is 5. The maximum atomic E-state index is 13.0. The molecule has 7 nitrogen and oxygen atoms in total. The molecule has 4 rings (SSSR count). The SMILES string of the molecule is O=C(NC(c1ccccc1)c1ccc(C(F)(F)F)cc1)c1cc(=O)[nH]c(-c2ncccn2)n1. The predicted octanol–water partition coefficient (Wildman–Crippen LogP) is 3.77. The molecule has 10 heteroatoms. The van der Waals surface area contributed by atoms with E-state index >= 15 is 0 Å². The van der Waals surface area contributed by atoms with E-state index in [1.807, 2.05) is 0 Å². The molecule has 2 aromatic carbocycles. The summed E-state index contributed by atoms with van der Waals surface area (Å²) in [5, 5.41) is 2.75. The number of halogens is 3. The monoisotopic (exact) mass is 451 g/mol. The first kappa shape index (κ1) is 21.9. The maximum absolute atomic E-state index is 13.0. The molecule has 2 aromatic heterocycles. The first-order chi connectivity index (χ1) is 15.8. The minimum atomic E-state index is -4.48. The molecule has 33 heavy (non-hydrogen) atoms. The number of carbonyl (C=O) groups excluding carboxylic acids is 1. The smallest absolute Gasteiger partial charge is 0.340 e. The summed E-state index contributed by atoms with van der Waals surface area (Å²) in [6.45, 7) is 0. The van der Waals surface area contributed by atoms with E-state index in [2.05, 4.69) is 25.3 Å². The highest BCUT2D eigenvalue weighted by molar-refractivity contribution is 5.93. The van der Waals surface area contributed by atoms with Gasteiger partial charge < -0.3 is 10.3 Å². The highest BCUT2D eigenvalue weighted by Crippen LogP contribution is 2.31. The van der Waals surface area contributed by atoms with E-state index in [1.165, 1.54) is 24.5 Å². The van der Waals surface area contributed by atoms with E-state index in [0.717, 1.165) is 18.2 Å². The zero-order valence-corrected chi connectivity index (χ0v) is 16.9. The Morgan fingerprint density at radius 3 is 2.18 bits per heavy atom. The van der Waals surface area contributed by atoms with Gasteiger partial charge >= 0.3 is 6.18 Å². The zero-order chi connectivity index (χ0) is 23.4. The number of benzene rings is 2. The number of aromatic amines is 1. The van der Waals surface area contributed by atoms with Gasteiger partial charge in [-0.15, -0.1) is 0 Å². The Labute approximate surface area is 185 Å². The third-order valence-corrected chi connectivity index (χ3v) is 4.73. The second-order valence-electron chi connectivity index (χ2n) is 6.99. The van der Waals surface area contributed by atoms with Crippen molar-refractivity contribution in [1.82, 2.24) is 25.3 Å². The molecule has 0 saturated heterocycles. The van der Waals surface area contributed by atoms with Gasteiger partial charge in [-0.05, 0) is 29.3 Å². The van der Waals surface area contributed by atoms with Crippen LogP contribution in [0.4, 0.5) is 13.2 Å². The average molecular weight is 451 g/mol. The van der Waals surface area contributed by atoms with Gasteiger partial charge in [-0.3, -0.25) is 9.59 Å². The molecule has 0 aliphatic heterocycles. The Kier molecular flexibility index (Phi) is 5.99. The van der Waals surface area contributed by atoms with Gasteiger partial charge in [0.05, 0.1) is 11.6 Å². The predicted molar refractivity (Wildman–Crippen MR) is 113 cm³/mol. The van der Waals surface area contributed by atoms with Crippen molar-refractivity contribution >= 4 is 5.91 Å². The normalized spacial score (nSPS) is 12.2. The Morgan fingerprint density at radius 1 is 0.909 bits per heavy atom. The summed E-state index contributed by atoms with van der Waals surface area (Å²) in [5.41, 5.74) is -0.494. The van der Waals surface area contributed by atoms with Gasteiger partial charge in [-0.25, -0.2) is 15.0 Å². The maximum Gasteiger partial charge on any atom is 0.416 e. The minimum Gasteiger partial charge on any atom is -0.340 e. The Bertz CT molecular complexity index is 1310. The van der Waals surface area contributed by atoms with E-state index in [-0.39, 0.29) is 17.3 Å². The van der Waals surface area contributed by atoms with Crippen molar-refractivity contribution in [2.24, 2.45) is 0 Å². The standard InChI is InChI=1S/C23H16F3N5O2/c24-23(25,26)16-9-7-15(8-10-16)19(14-5-2-1-3-6-14)31-22(33)17-13-18(32)30-21(29-17)20-27-11-4-12-28-20/h1-13,19H,(H,31,33)(H,29,30,32). The Morgan fingerprint density at radius 2 is 1.55 bits per heavy atom. The van der Waals surface area contributed by atoms with Crippen molar-refractivity contribution in [3.63, 3.8) is 0 Å². The van der Waals surface area contributed by atoms with E-state index in [4.69, 9.17) is 0 Å². The molecule has 2 heterocycles. The fourth-order valence-electron chi connectivity index (χ4n) is 3.18. The Balaban J connectivity index is 1.68. The average Bonchev–Trinajstić information content (AvgIpc) is 2.82. The summed E-state index contributed by atoms with van der Waals surface area (Å²) < 4.78 is 38.9. The number of nitrogens with one attached hydrogen (secondary N) is 2. The fraction of sp³-hybridized carbons (Fsp3) is 0.0870. The molecular weight excluding hydrogens is 435 g/mol. The molecule has 0 saturated carbocycles. The number of amides is 1. The van der Waals surface area contributed by atoms with Crippen LogP contribution in [-0.4, -0.2) is 25.8 Å². The van der Waals surface area contributed by atoms with Crippen LogP contribution < -0.4 is 10.9 Å². The van der Waals surface area contributed by atoms with Gasteiger partial charge in [-0.2, -0.15) is 13.2 Å². The van der Waals surface area contributed by atoms with Gasteiger partial charge in [0.25, 0.3) is 11.5 Å². The molecule has 1 unspecified atom stereocenters. The molecule has 0 spiro atoms. The number of nitrogens with zero attached hydrogens (tertiary/aromatic N) is 3. The highest BCUT2D eigenvalue weighted by Gasteiger charge is 2.30. The van der Waals surface area contributed by atoms with Gasteiger partial charge in [0.15, 0.2) is 11.6 Å². The fourth-order valence-corrected chi connectivity index (χ4v) is 3.18. The molecule has 1 atom stereocenters. The van der Waals surface area contributed by atoms with Crippen LogP contribution in [0, 0.1) is 0 Å². The molecule has 0 aliphatic carbocycles. The third-order valence-electron chi connectivity index (χ3n) is 4.73. The van der Waals surface area contributed by atoms with Gasteiger partial charge in [-0.1, -0.05) is 42.5 Å². The molecule has 1 amide bonds. The van der Waals surface area contributed by atoms with E-state index < -0.39 is 29.2 Å². The lowest BCUT2D eigenvalue weighted by Gasteiger charge is -2.20.